The Balaban J connectivity index is 1.90. The molecule has 2 aromatic rings. The van der Waals surface area contributed by atoms with Crippen LogP contribution in [-0.4, -0.2) is 24.7 Å². The van der Waals surface area contributed by atoms with Gasteiger partial charge in [0, 0.05) is 12.6 Å². The number of nitrogens with one attached hydrogen (secondary N) is 1. The molecule has 4 nitrogen and oxygen atoms in total. The van der Waals surface area contributed by atoms with Crippen molar-refractivity contribution < 1.29 is 19.0 Å². The van der Waals surface area contributed by atoms with E-state index >= 15 is 0 Å². The van der Waals surface area contributed by atoms with E-state index < -0.39 is 11.6 Å². The van der Waals surface area contributed by atoms with E-state index in [0.717, 1.165) is 18.1 Å². The molecule has 0 saturated heterocycles. The van der Waals surface area contributed by atoms with Crippen LogP contribution in [0.2, 0.25) is 0 Å². The number of benzene rings is 2. The third-order valence-corrected chi connectivity index (χ3v) is 3.25. The van der Waals surface area contributed by atoms with Gasteiger partial charge in [-0.3, -0.25) is 4.79 Å². The summed E-state index contributed by atoms with van der Waals surface area (Å²) in [6.45, 7) is 0.514. The Kier molecular flexibility index (Phi) is 5.74. The quantitative estimate of drug-likeness (QED) is 0.806. The molecule has 0 spiro atoms. The van der Waals surface area contributed by atoms with Crippen LogP contribution in [0.4, 0.5) is 4.39 Å². The highest BCUT2D eigenvalue weighted by Gasteiger charge is 2.09. The molecule has 0 fully saturated rings. The number of phenols is 1. The van der Waals surface area contributed by atoms with E-state index in [1.165, 1.54) is 25.3 Å². The van der Waals surface area contributed by atoms with Crippen LogP contribution >= 0.6 is 0 Å². The zero-order chi connectivity index (χ0) is 16.7. The van der Waals surface area contributed by atoms with E-state index in [1.54, 1.807) is 0 Å². The second kappa shape index (κ2) is 7.98. The molecule has 0 aromatic heterocycles. The topological polar surface area (TPSA) is 58.6 Å². The van der Waals surface area contributed by atoms with Gasteiger partial charge in [-0.25, -0.2) is 4.39 Å². The van der Waals surface area contributed by atoms with E-state index in [9.17, 15) is 14.3 Å². The average Bonchev–Trinajstić information content (AvgIpc) is 2.56. The maximum absolute atomic E-state index is 13.5. The van der Waals surface area contributed by atoms with E-state index in [1.807, 2.05) is 30.3 Å². The fraction of sp³-hybridized carbons (Fsp3) is 0.167. The summed E-state index contributed by atoms with van der Waals surface area (Å²) in [5.41, 5.74) is 1.57. The van der Waals surface area contributed by atoms with Crippen LogP contribution in [0.5, 0.6) is 11.5 Å². The van der Waals surface area contributed by atoms with E-state index in [2.05, 4.69) is 5.32 Å². The van der Waals surface area contributed by atoms with Crippen LogP contribution < -0.4 is 10.1 Å². The summed E-state index contributed by atoms with van der Waals surface area (Å²) in [4.78, 5) is 11.7. The zero-order valence-corrected chi connectivity index (χ0v) is 12.8. The van der Waals surface area contributed by atoms with E-state index in [4.69, 9.17) is 4.74 Å². The molecule has 5 heteroatoms. The van der Waals surface area contributed by atoms with Crippen LogP contribution in [-0.2, 0) is 11.2 Å². The normalized spacial score (nSPS) is 10.7. The van der Waals surface area contributed by atoms with Crippen LogP contribution in [0.15, 0.2) is 48.5 Å². The highest BCUT2D eigenvalue weighted by Crippen LogP contribution is 2.30. The number of methoxy groups -OCH3 is 1. The molecule has 0 unspecified atom stereocenters. The van der Waals surface area contributed by atoms with Gasteiger partial charge in [0.25, 0.3) is 0 Å². The number of amides is 1. The maximum atomic E-state index is 13.5. The van der Waals surface area contributed by atoms with Gasteiger partial charge in [-0.05, 0) is 35.8 Å². The average molecular weight is 315 g/mol. The predicted octanol–water partition coefficient (Wildman–Crippen LogP) is 2.91. The van der Waals surface area contributed by atoms with E-state index in [0.29, 0.717) is 12.1 Å². The summed E-state index contributed by atoms with van der Waals surface area (Å²) < 4.78 is 18.3. The molecular formula is C18H18FNO3. The number of carbonyl (C=O) groups is 1. The van der Waals surface area contributed by atoms with E-state index in [-0.39, 0.29) is 11.7 Å². The van der Waals surface area contributed by atoms with Gasteiger partial charge in [-0.15, -0.1) is 0 Å². The molecule has 0 radical (unpaired) electrons. The number of halogens is 1. The molecule has 2 rings (SSSR count). The van der Waals surface area contributed by atoms with Gasteiger partial charge in [0.1, 0.15) is 0 Å². The molecule has 0 bridgehead atoms. The van der Waals surface area contributed by atoms with Crippen molar-refractivity contribution in [2.24, 2.45) is 0 Å². The molecule has 1 amide bonds. The highest BCUT2D eigenvalue weighted by molar-refractivity contribution is 5.91. The van der Waals surface area contributed by atoms with Gasteiger partial charge in [0.2, 0.25) is 5.91 Å². The first-order valence-electron chi connectivity index (χ1n) is 7.16. The molecule has 0 aliphatic carbocycles. The summed E-state index contributed by atoms with van der Waals surface area (Å²) in [5, 5.41) is 12.2. The van der Waals surface area contributed by atoms with Crippen molar-refractivity contribution in [3.63, 3.8) is 0 Å². The Hall–Kier alpha value is -2.82. The van der Waals surface area contributed by atoms with Crippen molar-refractivity contribution in [2.45, 2.75) is 6.42 Å². The lowest BCUT2D eigenvalue weighted by Crippen LogP contribution is -2.23. The third kappa shape index (κ3) is 4.85. The Bertz CT molecular complexity index is 699. The summed E-state index contributed by atoms with van der Waals surface area (Å²) in [5.74, 6) is -1.59. The number of phenolic OH excluding ortho intramolecular Hbond substituents is 1. The highest BCUT2D eigenvalue weighted by atomic mass is 19.1. The first kappa shape index (κ1) is 16.5. The maximum Gasteiger partial charge on any atom is 0.244 e. The number of ether oxygens (including phenoxy) is 1. The van der Waals surface area contributed by atoms with Crippen molar-refractivity contribution >= 4 is 12.0 Å². The van der Waals surface area contributed by atoms with Crippen LogP contribution in [0.1, 0.15) is 11.1 Å². The lowest BCUT2D eigenvalue weighted by atomic mass is 10.1. The summed E-state index contributed by atoms with van der Waals surface area (Å²) in [6.07, 6.45) is 3.52. The minimum absolute atomic E-state index is 0.0223. The largest absolute Gasteiger partial charge is 0.502 e. The third-order valence-electron chi connectivity index (χ3n) is 3.25. The zero-order valence-electron chi connectivity index (χ0n) is 12.8. The second-order valence-corrected chi connectivity index (χ2v) is 4.91. The molecule has 0 heterocycles. The second-order valence-electron chi connectivity index (χ2n) is 4.91. The van der Waals surface area contributed by atoms with Gasteiger partial charge in [-0.2, -0.15) is 0 Å². The Morgan fingerprint density at radius 2 is 2.04 bits per heavy atom. The molecule has 0 atom stereocenters. The summed E-state index contributed by atoms with van der Waals surface area (Å²) >= 11 is 0. The first-order valence-corrected chi connectivity index (χ1v) is 7.16. The Morgan fingerprint density at radius 3 is 2.74 bits per heavy atom. The van der Waals surface area contributed by atoms with Gasteiger partial charge >= 0.3 is 0 Å². The smallest absolute Gasteiger partial charge is 0.244 e. The van der Waals surface area contributed by atoms with Gasteiger partial charge in [-0.1, -0.05) is 30.3 Å². The number of carbonyl (C=O) groups excluding carboxylic acids is 1. The van der Waals surface area contributed by atoms with Gasteiger partial charge in [0.15, 0.2) is 17.3 Å². The number of aromatic hydroxyl groups is 1. The van der Waals surface area contributed by atoms with Crippen molar-refractivity contribution in [1.82, 2.24) is 5.32 Å². The van der Waals surface area contributed by atoms with Gasteiger partial charge in [0.05, 0.1) is 7.11 Å². The predicted molar refractivity (Wildman–Crippen MR) is 86.8 cm³/mol. The number of hydrogen-bond donors (Lipinski definition) is 2. The number of rotatable bonds is 6. The summed E-state index contributed by atoms with van der Waals surface area (Å²) in [6, 6.07) is 12.4. The molecule has 0 aliphatic rings. The van der Waals surface area contributed by atoms with Crippen LogP contribution in [0.25, 0.3) is 6.08 Å². The van der Waals surface area contributed by atoms with Gasteiger partial charge < -0.3 is 15.2 Å². The minimum Gasteiger partial charge on any atom is -0.502 e. The monoisotopic (exact) mass is 315 g/mol. The molecule has 0 aliphatic heterocycles. The van der Waals surface area contributed by atoms with Crippen LogP contribution in [0, 0.1) is 5.82 Å². The fourth-order valence-electron chi connectivity index (χ4n) is 2.05. The molecule has 2 N–H and O–H groups in total. The molecule has 120 valence electrons. The standard InChI is InChI=1S/C18H18FNO3/c1-23-16-12-14(11-15(19)18(16)22)7-8-17(21)20-10-9-13-5-3-2-4-6-13/h2-8,11-12,22H,9-10H2,1H3,(H,20,21)/b8-7+. The van der Waals surface area contributed by atoms with Crippen molar-refractivity contribution in [2.75, 3.05) is 13.7 Å². The number of hydrogen-bond acceptors (Lipinski definition) is 3. The molecule has 0 saturated carbocycles. The summed E-state index contributed by atoms with van der Waals surface area (Å²) in [7, 11) is 1.33. The molecular weight excluding hydrogens is 297 g/mol. The van der Waals surface area contributed by atoms with Crippen LogP contribution in [0.3, 0.4) is 0 Å². The Morgan fingerprint density at radius 1 is 1.30 bits per heavy atom. The lowest BCUT2D eigenvalue weighted by molar-refractivity contribution is -0.116. The first-order chi connectivity index (χ1) is 11.1. The van der Waals surface area contributed by atoms with Crippen molar-refractivity contribution in [1.29, 1.82) is 0 Å². The molecule has 23 heavy (non-hydrogen) atoms. The SMILES string of the molecule is COc1cc(/C=C/C(=O)NCCc2ccccc2)cc(F)c1O. The van der Waals surface area contributed by atoms with Crippen molar-refractivity contribution in [3.8, 4) is 11.5 Å². The minimum atomic E-state index is -0.798. The molecule has 2 aromatic carbocycles. The van der Waals surface area contributed by atoms with Crippen molar-refractivity contribution in [3.05, 3.63) is 65.5 Å². The Labute approximate surface area is 134 Å². The lowest BCUT2D eigenvalue weighted by Gasteiger charge is -2.05. The fourth-order valence-corrected chi connectivity index (χ4v) is 2.05.